The standard InChI is InChI=1S/C13H18S/c1-10(2)13(14-3)8-11-6-4-5-7-12(11)9-13/h4-7,10H,8-9H2,1-3H3. The molecule has 1 aliphatic rings. The molecule has 0 aliphatic heterocycles. The lowest BCUT2D eigenvalue weighted by Crippen LogP contribution is -2.31. The molecule has 1 aromatic rings. The highest BCUT2D eigenvalue weighted by Crippen LogP contribution is 2.43. The third-order valence-electron chi connectivity index (χ3n) is 3.56. The van der Waals surface area contributed by atoms with Crippen LogP contribution in [0.1, 0.15) is 25.0 Å². The van der Waals surface area contributed by atoms with Gasteiger partial charge in [-0.1, -0.05) is 38.1 Å². The number of fused-ring (bicyclic) bond motifs is 1. The van der Waals surface area contributed by atoms with Crippen LogP contribution in [0, 0.1) is 5.92 Å². The molecule has 0 fully saturated rings. The van der Waals surface area contributed by atoms with E-state index >= 15 is 0 Å². The van der Waals surface area contributed by atoms with Crippen molar-refractivity contribution in [2.75, 3.05) is 6.26 Å². The Balaban J connectivity index is 2.32. The van der Waals surface area contributed by atoms with E-state index in [1.54, 1.807) is 11.1 Å². The van der Waals surface area contributed by atoms with Gasteiger partial charge in [0, 0.05) is 4.75 Å². The highest BCUT2D eigenvalue weighted by atomic mass is 32.2. The van der Waals surface area contributed by atoms with Crippen molar-refractivity contribution < 1.29 is 0 Å². The van der Waals surface area contributed by atoms with Gasteiger partial charge in [-0.2, -0.15) is 11.8 Å². The normalized spacial score (nSPS) is 18.6. The molecule has 0 aromatic heterocycles. The van der Waals surface area contributed by atoms with Crippen molar-refractivity contribution in [2.45, 2.75) is 31.4 Å². The van der Waals surface area contributed by atoms with Crippen molar-refractivity contribution in [3.05, 3.63) is 35.4 Å². The van der Waals surface area contributed by atoms with Crippen molar-refractivity contribution >= 4 is 11.8 Å². The summed E-state index contributed by atoms with van der Waals surface area (Å²) in [5.74, 6) is 0.755. The number of benzene rings is 1. The van der Waals surface area contributed by atoms with Crippen LogP contribution in [0.25, 0.3) is 0 Å². The smallest absolute Gasteiger partial charge is 0.0260 e. The summed E-state index contributed by atoms with van der Waals surface area (Å²) in [6.07, 6.45) is 4.76. The molecule has 0 N–H and O–H groups in total. The lowest BCUT2D eigenvalue weighted by atomic mass is 9.92. The lowest BCUT2D eigenvalue weighted by molar-refractivity contribution is 0.453. The van der Waals surface area contributed by atoms with Crippen LogP contribution in [0.2, 0.25) is 0 Å². The molecule has 76 valence electrons. The SMILES string of the molecule is CSC1(C(C)C)Cc2ccccc2C1. The zero-order chi connectivity index (χ0) is 10.2. The molecular formula is C13H18S. The fourth-order valence-corrected chi connectivity index (χ4v) is 3.47. The maximum atomic E-state index is 2.35. The largest absolute Gasteiger partial charge is 0.158 e. The Kier molecular flexibility index (Phi) is 2.61. The topological polar surface area (TPSA) is 0 Å². The summed E-state index contributed by atoms with van der Waals surface area (Å²) in [4.78, 5) is 0. The first-order chi connectivity index (χ1) is 6.68. The van der Waals surface area contributed by atoms with Crippen LogP contribution < -0.4 is 0 Å². The van der Waals surface area contributed by atoms with Crippen molar-refractivity contribution in [1.29, 1.82) is 0 Å². The Morgan fingerprint density at radius 1 is 1.14 bits per heavy atom. The first-order valence-corrected chi connectivity index (χ1v) is 6.52. The van der Waals surface area contributed by atoms with Crippen molar-refractivity contribution in [3.8, 4) is 0 Å². The zero-order valence-electron chi connectivity index (χ0n) is 9.21. The molecule has 0 unspecified atom stereocenters. The predicted molar refractivity (Wildman–Crippen MR) is 64.9 cm³/mol. The van der Waals surface area contributed by atoms with Gasteiger partial charge in [0.15, 0.2) is 0 Å². The molecule has 1 aromatic carbocycles. The highest BCUT2D eigenvalue weighted by Gasteiger charge is 2.38. The Morgan fingerprint density at radius 2 is 1.64 bits per heavy atom. The second-order valence-electron chi connectivity index (χ2n) is 4.55. The van der Waals surface area contributed by atoms with Gasteiger partial charge in [0.2, 0.25) is 0 Å². The van der Waals surface area contributed by atoms with Crippen LogP contribution in [-0.2, 0) is 12.8 Å². The van der Waals surface area contributed by atoms with E-state index in [-0.39, 0.29) is 0 Å². The average molecular weight is 206 g/mol. The first-order valence-electron chi connectivity index (χ1n) is 5.30. The molecule has 14 heavy (non-hydrogen) atoms. The van der Waals surface area contributed by atoms with Gasteiger partial charge in [-0.3, -0.25) is 0 Å². The Morgan fingerprint density at radius 3 is 2.00 bits per heavy atom. The Hall–Kier alpha value is -0.430. The summed E-state index contributed by atoms with van der Waals surface area (Å²) in [7, 11) is 0. The van der Waals surface area contributed by atoms with E-state index in [0.29, 0.717) is 4.75 Å². The van der Waals surface area contributed by atoms with Crippen LogP contribution in [0.5, 0.6) is 0 Å². The van der Waals surface area contributed by atoms with Gasteiger partial charge >= 0.3 is 0 Å². The number of thioether (sulfide) groups is 1. The molecule has 0 heterocycles. The van der Waals surface area contributed by atoms with E-state index < -0.39 is 0 Å². The predicted octanol–water partition coefficient (Wildman–Crippen LogP) is 3.54. The summed E-state index contributed by atoms with van der Waals surface area (Å²) in [5, 5.41) is 0. The van der Waals surface area contributed by atoms with Gasteiger partial charge in [-0.25, -0.2) is 0 Å². The third-order valence-corrected chi connectivity index (χ3v) is 5.13. The van der Waals surface area contributed by atoms with E-state index in [1.165, 1.54) is 12.8 Å². The minimum absolute atomic E-state index is 0.462. The molecule has 0 spiro atoms. The van der Waals surface area contributed by atoms with E-state index in [9.17, 15) is 0 Å². The molecule has 0 saturated carbocycles. The van der Waals surface area contributed by atoms with Gasteiger partial charge in [0.1, 0.15) is 0 Å². The number of hydrogen-bond acceptors (Lipinski definition) is 1. The minimum Gasteiger partial charge on any atom is -0.158 e. The summed E-state index contributed by atoms with van der Waals surface area (Å²) in [6, 6.07) is 8.90. The van der Waals surface area contributed by atoms with E-state index in [4.69, 9.17) is 0 Å². The molecule has 2 rings (SSSR count). The van der Waals surface area contributed by atoms with Crippen molar-refractivity contribution in [1.82, 2.24) is 0 Å². The summed E-state index contributed by atoms with van der Waals surface area (Å²) < 4.78 is 0.462. The molecule has 0 saturated heterocycles. The van der Waals surface area contributed by atoms with Gasteiger partial charge in [0.05, 0.1) is 0 Å². The van der Waals surface area contributed by atoms with Gasteiger partial charge in [0.25, 0.3) is 0 Å². The highest BCUT2D eigenvalue weighted by molar-refractivity contribution is 8.00. The quantitative estimate of drug-likeness (QED) is 0.713. The fraction of sp³-hybridized carbons (Fsp3) is 0.538. The summed E-state index contributed by atoms with van der Waals surface area (Å²) in [6.45, 7) is 4.70. The summed E-state index contributed by atoms with van der Waals surface area (Å²) in [5.41, 5.74) is 3.13. The van der Waals surface area contributed by atoms with Crippen LogP contribution in [0.15, 0.2) is 24.3 Å². The molecule has 0 atom stereocenters. The molecule has 0 nitrogen and oxygen atoms in total. The van der Waals surface area contributed by atoms with E-state index in [2.05, 4.69) is 44.4 Å². The monoisotopic (exact) mass is 206 g/mol. The van der Waals surface area contributed by atoms with Crippen LogP contribution in [0.3, 0.4) is 0 Å². The molecule has 1 aliphatic carbocycles. The number of rotatable bonds is 2. The second kappa shape index (κ2) is 3.62. The lowest BCUT2D eigenvalue weighted by Gasteiger charge is -2.31. The molecule has 0 amide bonds. The van der Waals surface area contributed by atoms with Crippen LogP contribution in [-0.4, -0.2) is 11.0 Å². The maximum absolute atomic E-state index is 2.35. The molecule has 1 heteroatoms. The molecular weight excluding hydrogens is 188 g/mol. The minimum atomic E-state index is 0.462. The number of hydrogen-bond donors (Lipinski definition) is 0. The van der Waals surface area contributed by atoms with Crippen molar-refractivity contribution in [3.63, 3.8) is 0 Å². The molecule has 0 radical (unpaired) electrons. The summed E-state index contributed by atoms with van der Waals surface area (Å²) >= 11 is 2.04. The second-order valence-corrected chi connectivity index (χ2v) is 5.77. The van der Waals surface area contributed by atoms with Gasteiger partial charge in [-0.15, -0.1) is 0 Å². The zero-order valence-corrected chi connectivity index (χ0v) is 10.0. The fourth-order valence-electron chi connectivity index (χ4n) is 2.40. The van der Waals surface area contributed by atoms with Gasteiger partial charge in [-0.05, 0) is 36.1 Å². The first kappa shape index (κ1) is 10.1. The van der Waals surface area contributed by atoms with Gasteiger partial charge < -0.3 is 0 Å². The Labute approximate surface area is 91.1 Å². The Bertz CT molecular complexity index is 303. The van der Waals surface area contributed by atoms with Crippen LogP contribution >= 0.6 is 11.8 Å². The average Bonchev–Trinajstić information content (AvgIpc) is 2.57. The van der Waals surface area contributed by atoms with Crippen LogP contribution in [0.4, 0.5) is 0 Å². The third kappa shape index (κ3) is 1.48. The van der Waals surface area contributed by atoms with E-state index in [0.717, 1.165) is 5.92 Å². The maximum Gasteiger partial charge on any atom is 0.0260 e. The van der Waals surface area contributed by atoms with E-state index in [1.807, 2.05) is 11.8 Å². The van der Waals surface area contributed by atoms with Crippen molar-refractivity contribution in [2.24, 2.45) is 5.92 Å². The molecule has 0 bridgehead atoms.